The monoisotopic (exact) mass is 325 g/mol. The predicted octanol–water partition coefficient (Wildman–Crippen LogP) is 1.74. The maximum atomic E-state index is 11.0. The van der Waals surface area contributed by atoms with Crippen LogP contribution in [0.3, 0.4) is 0 Å². The van der Waals surface area contributed by atoms with Crippen LogP contribution in [0, 0.1) is 21.6 Å². The quantitative estimate of drug-likeness (QED) is 0.467. The highest BCUT2D eigenvalue weighted by Gasteiger charge is 2.29. The molecule has 0 spiro atoms. The smallest absolute Gasteiger partial charge is 0.358 e. The molecule has 1 saturated heterocycles. The van der Waals surface area contributed by atoms with Gasteiger partial charge in [-0.3, -0.25) is 0 Å². The Balaban J connectivity index is 2.34. The molecule has 2 rings (SSSR count). The minimum atomic E-state index is -0.481. The first-order valence-electron chi connectivity index (χ1n) is 5.74. The standard InChI is InChI=1S/C11H12BrN5O2/c1-8-6-15(7-13)2-3-16(8)10-4-9(12)5-14-11(10)17(18)19/h4-5,8H,2-3,6H2,1H3/t8-/m0/s1. The second kappa shape index (κ2) is 5.40. The summed E-state index contributed by atoms with van der Waals surface area (Å²) < 4.78 is 0.697. The molecule has 2 heterocycles. The number of nitriles is 1. The van der Waals surface area contributed by atoms with Gasteiger partial charge in [-0.15, -0.1) is 0 Å². The van der Waals surface area contributed by atoms with Gasteiger partial charge in [0.2, 0.25) is 0 Å². The number of aromatic nitrogens is 1. The molecule has 1 aromatic rings. The van der Waals surface area contributed by atoms with E-state index in [1.807, 2.05) is 11.8 Å². The number of anilines is 1. The summed E-state index contributed by atoms with van der Waals surface area (Å²) in [5, 5.41) is 19.9. The van der Waals surface area contributed by atoms with E-state index >= 15 is 0 Å². The first-order valence-corrected chi connectivity index (χ1v) is 6.53. The lowest BCUT2D eigenvalue weighted by Crippen LogP contribution is -2.50. The van der Waals surface area contributed by atoms with Crippen molar-refractivity contribution in [3.05, 3.63) is 26.9 Å². The summed E-state index contributed by atoms with van der Waals surface area (Å²) in [6.45, 7) is 3.62. The molecule has 19 heavy (non-hydrogen) atoms. The van der Waals surface area contributed by atoms with Gasteiger partial charge in [-0.1, -0.05) is 0 Å². The second-order valence-electron chi connectivity index (χ2n) is 4.34. The molecule has 0 amide bonds. The van der Waals surface area contributed by atoms with Gasteiger partial charge in [-0.05, 0) is 38.8 Å². The van der Waals surface area contributed by atoms with E-state index in [1.54, 1.807) is 11.0 Å². The number of hydrogen-bond donors (Lipinski definition) is 0. The van der Waals surface area contributed by atoms with E-state index in [0.717, 1.165) is 0 Å². The highest BCUT2D eigenvalue weighted by atomic mass is 79.9. The average Bonchev–Trinajstić information content (AvgIpc) is 2.38. The Kier molecular flexibility index (Phi) is 3.85. The Morgan fingerprint density at radius 1 is 1.63 bits per heavy atom. The molecule has 0 unspecified atom stereocenters. The van der Waals surface area contributed by atoms with Crippen LogP contribution in [0.5, 0.6) is 0 Å². The van der Waals surface area contributed by atoms with Gasteiger partial charge in [0, 0.05) is 25.7 Å². The first-order chi connectivity index (χ1) is 9.02. The van der Waals surface area contributed by atoms with Gasteiger partial charge < -0.3 is 19.9 Å². The summed E-state index contributed by atoms with van der Waals surface area (Å²) in [4.78, 5) is 18.0. The predicted molar refractivity (Wildman–Crippen MR) is 72.6 cm³/mol. The molecule has 0 radical (unpaired) electrons. The first kappa shape index (κ1) is 13.5. The largest absolute Gasteiger partial charge is 0.387 e. The van der Waals surface area contributed by atoms with Crippen LogP contribution in [-0.4, -0.2) is 40.5 Å². The summed E-state index contributed by atoms with van der Waals surface area (Å²) in [7, 11) is 0. The molecule has 0 saturated carbocycles. The normalized spacial score (nSPS) is 19.1. The summed E-state index contributed by atoms with van der Waals surface area (Å²) >= 11 is 3.28. The topological polar surface area (TPSA) is 86.3 Å². The van der Waals surface area contributed by atoms with Crippen molar-refractivity contribution in [2.24, 2.45) is 0 Å². The second-order valence-corrected chi connectivity index (χ2v) is 5.26. The van der Waals surface area contributed by atoms with Crippen molar-refractivity contribution in [3.63, 3.8) is 0 Å². The van der Waals surface area contributed by atoms with Gasteiger partial charge in [0.1, 0.15) is 5.69 Å². The summed E-state index contributed by atoms with van der Waals surface area (Å²) in [6, 6.07) is 1.71. The molecule has 0 aliphatic carbocycles. The van der Waals surface area contributed by atoms with Crippen LogP contribution in [0.2, 0.25) is 0 Å². The number of hydrogen-bond acceptors (Lipinski definition) is 6. The number of nitrogens with zero attached hydrogens (tertiary/aromatic N) is 5. The zero-order valence-corrected chi connectivity index (χ0v) is 11.9. The molecule has 0 aromatic carbocycles. The number of pyridine rings is 1. The van der Waals surface area contributed by atoms with Crippen molar-refractivity contribution in [3.8, 4) is 6.19 Å². The molecule has 1 aliphatic heterocycles. The lowest BCUT2D eigenvalue weighted by atomic mass is 10.1. The van der Waals surface area contributed by atoms with E-state index in [2.05, 4.69) is 27.1 Å². The highest BCUT2D eigenvalue weighted by molar-refractivity contribution is 9.10. The summed E-state index contributed by atoms with van der Waals surface area (Å²) in [5.74, 6) is -0.152. The van der Waals surface area contributed by atoms with Crippen molar-refractivity contribution in [1.82, 2.24) is 9.88 Å². The fraction of sp³-hybridized carbons (Fsp3) is 0.455. The van der Waals surface area contributed by atoms with E-state index in [0.29, 0.717) is 29.8 Å². The summed E-state index contributed by atoms with van der Waals surface area (Å²) in [5.41, 5.74) is 0.490. The third-order valence-electron chi connectivity index (χ3n) is 3.07. The van der Waals surface area contributed by atoms with Crippen molar-refractivity contribution >= 4 is 27.4 Å². The van der Waals surface area contributed by atoms with Crippen LogP contribution in [0.1, 0.15) is 6.92 Å². The zero-order valence-electron chi connectivity index (χ0n) is 10.3. The molecule has 1 atom stereocenters. The van der Waals surface area contributed by atoms with Gasteiger partial charge in [0.05, 0.1) is 4.47 Å². The van der Waals surface area contributed by atoms with E-state index in [1.165, 1.54) is 6.20 Å². The van der Waals surface area contributed by atoms with Gasteiger partial charge in [0.25, 0.3) is 0 Å². The third-order valence-corrected chi connectivity index (χ3v) is 3.50. The van der Waals surface area contributed by atoms with Crippen molar-refractivity contribution in [1.29, 1.82) is 5.26 Å². The van der Waals surface area contributed by atoms with Crippen LogP contribution < -0.4 is 4.90 Å². The Hall–Kier alpha value is -1.88. The Morgan fingerprint density at radius 2 is 2.37 bits per heavy atom. The van der Waals surface area contributed by atoms with Gasteiger partial charge >= 0.3 is 5.82 Å². The van der Waals surface area contributed by atoms with Crippen molar-refractivity contribution < 1.29 is 4.92 Å². The molecule has 7 nitrogen and oxygen atoms in total. The third kappa shape index (κ3) is 2.76. The molecule has 0 bridgehead atoms. The molecule has 1 aromatic heterocycles. The van der Waals surface area contributed by atoms with Crippen LogP contribution in [0.4, 0.5) is 11.5 Å². The van der Waals surface area contributed by atoms with Crippen LogP contribution in [0.15, 0.2) is 16.7 Å². The van der Waals surface area contributed by atoms with Crippen LogP contribution in [0.25, 0.3) is 0 Å². The lowest BCUT2D eigenvalue weighted by Gasteiger charge is -2.38. The van der Waals surface area contributed by atoms with Crippen LogP contribution >= 0.6 is 15.9 Å². The molecule has 8 heteroatoms. The number of piperazine rings is 1. The van der Waals surface area contributed by atoms with Crippen LogP contribution in [-0.2, 0) is 0 Å². The molecular weight excluding hydrogens is 314 g/mol. The van der Waals surface area contributed by atoms with E-state index in [9.17, 15) is 10.1 Å². The Morgan fingerprint density at radius 3 is 2.95 bits per heavy atom. The zero-order chi connectivity index (χ0) is 14.0. The fourth-order valence-electron chi connectivity index (χ4n) is 2.18. The average molecular weight is 326 g/mol. The van der Waals surface area contributed by atoms with Gasteiger partial charge in [-0.25, -0.2) is 0 Å². The van der Waals surface area contributed by atoms with Crippen molar-refractivity contribution in [2.75, 3.05) is 24.5 Å². The van der Waals surface area contributed by atoms with E-state index in [-0.39, 0.29) is 11.9 Å². The van der Waals surface area contributed by atoms with E-state index < -0.39 is 4.92 Å². The Bertz CT molecular complexity index is 544. The molecule has 0 N–H and O–H groups in total. The number of nitro groups is 1. The number of halogens is 1. The summed E-state index contributed by atoms with van der Waals surface area (Å²) in [6.07, 6.45) is 3.52. The molecule has 1 aliphatic rings. The van der Waals surface area contributed by atoms with Gasteiger partial charge in [-0.2, -0.15) is 5.26 Å². The maximum Gasteiger partial charge on any atom is 0.387 e. The molecular formula is C11H12BrN5O2. The lowest BCUT2D eigenvalue weighted by molar-refractivity contribution is -0.388. The van der Waals surface area contributed by atoms with E-state index in [4.69, 9.17) is 5.26 Å². The minimum absolute atomic E-state index is 0.0169. The molecule has 1 fully saturated rings. The fourth-order valence-corrected chi connectivity index (χ4v) is 2.50. The maximum absolute atomic E-state index is 11.0. The Labute approximate surface area is 118 Å². The number of rotatable bonds is 2. The highest BCUT2D eigenvalue weighted by Crippen LogP contribution is 2.31. The minimum Gasteiger partial charge on any atom is -0.358 e. The molecule has 100 valence electrons. The SMILES string of the molecule is C[C@H]1CN(C#N)CCN1c1cc(Br)cnc1[N+](=O)[O-]. The van der Waals surface area contributed by atoms with Gasteiger partial charge in [0.15, 0.2) is 12.4 Å². The van der Waals surface area contributed by atoms with Crippen molar-refractivity contribution in [2.45, 2.75) is 13.0 Å².